The van der Waals surface area contributed by atoms with Crippen LogP contribution < -0.4 is 21.9 Å². The van der Waals surface area contributed by atoms with Crippen molar-refractivity contribution in [3.8, 4) is 0 Å². The minimum absolute atomic E-state index is 0.133. The number of unbranched alkanes of at least 4 members (excludes halogenated alkanes) is 1. The van der Waals surface area contributed by atoms with Crippen LogP contribution >= 0.6 is 0 Å². The zero-order valence-electron chi connectivity index (χ0n) is 16.0. The molecule has 0 fully saturated rings. The predicted molar refractivity (Wildman–Crippen MR) is 110 cm³/mol. The van der Waals surface area contributed by atoms with E-state index in [1.54, 1.807) is 6.20 Å². The van der Waals surface area contributed by atoms with Gasteiger partial charge in [-0.15, -0.1) is 0 Å². The van der Waals surface area contributed by atoms with E-state index in [1.807, 2.05) is 0 Å². The number of fused-ring (bicyclic) bond motifs is 2. The summed E-state index contributed by atoms with van der Waals surface area (Å²) in [5, 5.41) is 11.3. The molecule has 4 N–H and O–H groups in total. The molecule has 0 atom stereocenters. The minimum Gasteiger partial charge on any atom is -0.369 e. The maximum atomic E-state index is 13.1. The van der Waals surface area contributed by atoms with Crippen molar-refractivity contribution in [3.63, 3.8) is 0 Å². The number of aromatic nitrogens is 4. The fourth-order valence-electron chi connectivity index (χ4n) is 3.53. The van der Waals surface area contributed by atoms with E-state index in [9.17, 15) is 4.79 Å². The van der Waals surface area contributed by atoms with E-state index in [1.165, 1.54) is 15.8 Å². The number of rotatable bonds is 6. The van der Waals surface area contributed by atoms with Crippen molar-refractivity contribution < 1.29 is 0 Å². The number of nitrogens with zero attached hydrogens (tertiary/aromatic N) is 4. The van der Waals surface area contributed by atoms with E-state index in [0.717, 1.165) is 44.5 Å². The Morgan fingerprint density at radius 2 is 2.18 bits per heavy atom. The summed E-state index contributed by atoms with van der Waals surface area (Å²) in [4.78, 5) is 21.5. The molecular weight excluding hydrogens is 354 g/mol. The van der Waals surface area contributed by atoms with Gasteiger partial charge in [-0.25, -0.2) is 9.67 Å². The highest BCUT2D eigenvalue weighted by Crippen LogP contribution is 2.19. The lowest BCUT2D eigenvalue weighted by Crippen LogP contribution is -2.26. The normalized spacial score (nSPS) is 13.5. The van der Waals surface area contributed by atoms with E-state index in [4.69, 9.17) is 5.73 Å². The van der Waals surface area contributed by atoms with Gasteiger partial charge in [0.05, 0.1) is 12.7 Å². The van der Waals surface area contributed by atoms with Gasteiger partial charge in [0.25, 0.3) is 5.56 Å². The first-order chi connectivity index (χ1) is 13.7. The lowest BCUT2D eigenvalue weighted by Gasteiger charge is -2.18. The van der Waals surface area contributed by atoms with Gasteiger partial charge >= 0.3 is 0 Å². The highest BCUT2D eigenvalue weighted by molar-refractivity contribution is 5.88. The van der Waals surface area contributed by atoms with Crippen molar-refractivity contribution in [3.05, 3.63) is 51.4 Å². The molecule has 2 aromatic heterocycles. The predicted octanol–water partition coefficient (Wildman–Crippen LogP) is 1.67. The van der Waals surface area contributed by atoms with Crippen LogP contribution in [0.15, 0.2) is 29.2 Å². The SMILES string of the molecule is CCCCNc1nc(N)nc2cnn(Cc3ccc4c(c3)CCNC4)c(=O)c12. The summed E-state index contributed by atoms with van der Waals surface area (Å²) in [5.41, 5.74) is 9.77. The van der Waals surface area contributed by atoms with Gasteiger partial charge in [-0.05, 0) is 36.1 Å². The molecule has 0 unspecified atom stereocenters. The van der Waals surface area contributed by atoms with Crippen molar-refractivity contribution in [2.75, 3.05) is 24.1 Å². The Balaban J connectivity index is 1.70. The van der Waals surface area contributed by atoms with Gasteiger partial charge in [-0.2, -0.15) is 10.1 Å². The first-order valence-corrected chi connectivity index (χ1v) is 9.74. The summed E-state index contributed by atoms with van der Waals surface area (Å²) in [6.45, 7) is 5.13. The zero-order valence-corrected chi connectivity index (χ0v) is 16.0. The van der Waals surface area contributed by atoms with Crippen LogP contribution in [-0.2, 0) is 19.5 Å². The Hall–Kier alpha value is -3.00. The molecule has 1 aromatic carbocycles. The van der Waals surface area contributed by atoms with Crippen molar-refractivity contribution in [2.45, 2.75) is 39.3 Å². The van der Waals surface area contributed by atoms with Crippen LogP contribution in [0.4, 0.5) is 11.8 Å². The van der Waals surface area contributed by atoms with Gasteiger partial charge < -0.3 is 16.4 Å². The molecule has 1 aliphatic rings. The first-order valence-electron chi connectivity index (χ1n) is 9.74. The van der Waals surface area contributed by atoms with Crippen molar-refractivity contribution in [1.82, 2.24) is 25.1 Å². The first kappa shape index (κ1) is 18.4. The molecule has 0 aliphatic carbocycles. The van der Waals surface area contributed by atoms with E-state index < -0.39 is 0 Å². The van der Waals surface area contributed by atoms with Crippen molar-refractivity contribution in [1.29, 1.82) is 0 Å². The largest absolute Gasteiger partial charge is 0.369 e. The smallest absolute Gasteiger partial charge is 0.280 e. The van der Waals surface area contributed by atoms with Crippen LogP contribution in [0.2, 0.25) is 0 Å². The Bertz CT molecular complexity index is 1060. The summed E-state index contributed by atoms with van der Waals surface area (Å²) in [5.74, 6) is 0.613. The van der Waals surface area contributed by atoms with E-state index in [0.29, 0.717) is 23.3 Å². The molecule has 0 spiro atoms. The van der Waals surface area contributed by atoms with Crippen molar-refractivity contribution >= 4 is 22.7 Å². The molecule has 4 rings (SSSR count). The number of nitrogens with one attached hydrogen (secondary N) is 2. The monoisotopic (exact) mass is 379 g/mol. The van der Waals surface area contributed by atoms with Crippen LogP contribution in [0.3, 0.4) is 0 Å². The molecule has 0 saturated carbocycles. The number of nitrogens with two attached hydrogens (primary N) is 1. The van der Waals surface area contributed by atoms with Gasteiger partial charge in [-0.1, -0.05) is 31.5 Å². The second kappa shape index (κ2) is 7.93. The number of nitrogen functional groups attached to an aromatic ring is 1. The third-order valence-electron chi connectivity index (χ3n) is 5.03. The Kier molecular flexibility index (Phi) is 5.21. The molecule has 146 valence electrons. The molecule has 3 aromatic rings. The minimum atomic E-state index is -0.212. The van der Waals surface area contributed by atoms with Gasteiger partial charge in [-0.3, -0.25) is 4.79 Å². The van der Waals surface area contributed by atoms with Crippen molar-refractivity contribution in [2.24, 2.45) is 0 Å². The number of hydrogen-bond donors (Lipinski definition) is 3. The highest BCUT2D eigenvalue weighted by atomic mass is 16.1. The van der Waals surface area contributed by atoms with Crippen LogP contribution in [0.5, 0.6) is 0 Å². The average molecular weight is 379 g/mol. The molecule has 0 saturated heterocycles. The fraction of sp³-hybridized carbons (Fsp3) is 0.400. The molecule has 8 heteroatoms. The summed E-state index contributed by atoms with van der Waals surface area (Å²) in [6, 6.07) is 6.36. The van der Waals surface area contributed by atoms with E-state index >= 15 is 0 Å². The molecule has 0 bridgehead atoms. The van der Waals surface area contributed by atoms with Gasteiger partial charge in [0, 0.05) is 13.1 Å². The standard InChI is InChI=1S/C20H25N7O/c1-2-3-7-23-18-17-16(25-20(21)26-18)11-24-27(19(17)28)12-13-4-5-15-10-22-8-6-14(15)9-13/h4-5,9,11,22H,2-3,6-8,10,12H2,1H3,(H3,21,23,25,26). The van der Waals surface area contributed by atoms with E-state index in [2.05, 4.69) is 50.8 Å². The summed E-state index contributed by atoms with van der Waals surface area (Å²) in [6.07, 6.45) is 4.61. The van der Waals surface area contributed by atoms with Crippen LogP contribution in [0.25, 0.3) is 10.9 Å². The maximum Gasteiger partial charge on any atom is 0.280 e. The number of hydrogen-bond acceptors (Lipinski definition) is 7. The van der Waals surface area contributed by atoms with Crippen LogP contribution in [-0.4, -0.2) is 32.8 Å². The number of anilines is 2. The topological polar surface area (TPSA) is 111 Å². The zero-order chi connectivity index (χ0) is 19.5. The number of benzene rings is 1. The van der Waals surface area contributed by atoms with Gasteiger partial charge in [0.15, 0.2) is 0 Å². The Morgan fingerprint density at radius 1 is 1.29 bits per heavy atom. The molecule has 8 nitrogen and oxygen atoms in total. The third-order valence-corrected chi connectivity index (χ3v) is 5.03. The van der Waals surface area contributed by atoms with Crippen LogP contribution in [0, 0.1) is 0 Å². The molecule has 0 radical (unpaired) electrons. The lowest BCUT2D eigenvalue weighted by molar-refractivity contribution is 0.630. The molecule has 3 heterocycles. The quantitative estimate of drug-likeness (QED) is 0.559. The Morgan fingerprint density at radius 3 is 3.04 bits per heavy atom. The highest BCUT2D eigenvalue weighted by Gasteiger charge is 2.14. The Labute approximate surface area is 163 Å². The molecule has 28 heavy (non-hydrogen) atoms. The van der Waals surface area contributed by atoms with Crippen LogP contribution in [0.1, 0.15) is 36.5 Å². The van der Waals surface area contributed by atoms with Gasteiger partial charge in [0.2, 0.25) is 5.95 Å². The third kappa shape index (κ3) is 3.68. The maximum absolute atomic E-state index is 13.1. The fourth-order valence-corrected chi connectivity index (χ4v) is 3.53. The summed E-state index contributed by atoms with van der Waals surface area (Å²) in [7, 11) is 0. The summed E-state index contributed by atoms with van der Waals surface area (Å²) < 4.78 is 1.47. The molecule has 1 aliphatic heterocycles. The van der Waals surface area contributed by atoms with E-state index in [-0.39, 0.29) is 11.5 Å². The molecule has 0 amide bonds. The molecular formula is C20H25N7O. The second-order valence-corrected chi connectivity index (χ2v) is 7.11. The second-order valence-electron chi connectivity index (χ2n) is 7.11. The average Bonchev–Trinajstić information content (AvgIpc) is 2.70. The lowest BCUT2D eigenvalue weighted by atomic mass is 9.98. The van der Waals surface area contributed by atoms with Gasteiger partial charge in [0.1, 0.15) is 16.7 Å². The summed E-state index contributed by atoms with van der Waals surface area (Å²) >= 11 is 0.